The Morgan fingerprint density at radius 2 is 1.95 bits per heavy atom. The standard InChI is InChI=1S/C15H21ClO3/c1-9(2)12-7-14(10(3)6-13(12)16)19-8-11(4)15(17)18-5/h6-7,9,11H,8H2,1-5H3. The largest absolute Gasteiger partial charge is 0.492 e. The van der Waals surface area contributed by atoms with Crippen molar-refractivity contribution in [3.05, 3.63) is 28.3 Å². The maximum atomic E-state index is 11.3. The van der Waals surface area contributed by atoms with Gasteiger partial charge in [-0.2, -0.15) is 0 Å². The first-order valence-corrected chi connectivity index (χ1v) is 6.75. The Labute approximate surface area is 119 Å². The smallest absolute Gasteiger partial charge is 0.311 e. The van der Waals surface area contributed by atoms with Crippen LogP contribution in [0.2, 0.25) is 5.02 Å². The summed E-state index contributed by atoms with van der Waals surface area (Å²) in [4.78, 5) is 11.3. The van der Waals surface area contributed by atoms with Crippen LogP contribution < -0.4 is 4.74 Å². The van der Waals surface area contributed by atoms with E-state index in [1.165, 1.54) is 7.11 Å². The molecule has 0 radical (unpaired) electrons. The summed E-state index contributed by atoms with van der Waals surface area (Å²) in [5.41, 5.74) is 2.01. The highest BCUT2D eigenvalue weighted by Crippen LogP contribution is 2.31. The summed E-state index contributed by atoms with van der Waals surface area (Å²) < 4.78 is 10.4. The zero-order chi connectivity index (χ0) is 14.6. The van der Waals surface area contributed by atoms with Gasteiger partial charge in [0.05, 0.1) is 13.0 Å². The van der Waals surface area contributed by atoms with Gasteiger partial charge in [0, 0.05) is 5.02 Å². The first-order valence-electron chi connectivity index (χ1n) is 6.37. The number of hydrogen-bond donors (Lipinski definition) is 0. The SMILES string of the molecule is COC(=O)C(C)COc1cc(C(C)C)c(Cl)cc1C. The van der Waals surface area contributed by atoms with Crippen molar-refractivity contribution in [1.29, 1.82) is 0 Å². The fourth-order valence-corrected chi connectivity index (χ4v) is 2.19. The van der Waals surface area contributed by atoms with Gasteiger partial charge in [-0.05, 0) is 43.0 Å². The third-order valence-corrected chi connectivity index (χ3v) is 3.34. The van der Waals surface area contributed by atoms with E-state index in [1.807, 2.05) is 19.1 Å². The average Bonchev–Trinajstić information content (AvgIpc) is 2.35. The van der Waals surface area contributed by atoms with Crippen molar-refractivity contribution in [2.75, 3.05) is 13.7 Å². The lowest BCUT2D eigenvalue weighted by atomic mass is 10.0. The second-order valence-electron chi connectivity index (χ2n) is 5.03. The van der Waals surface area contributed by atoms with Crippen LogP contribution in [0.15, 0.2) is 12.1 Å². The highest BCUT2D eigenvalue weighted by Gasteiger charge is 2.15. The van der Waals surface area contributed by atoms with Crippen LogP contribution in [0.25, 0.3) is 0 Å². The van der Waals surface area contributed by atoms with E-state index in [4.69, 9.17) is 16.3 Å². The molecule has 1 atom stereocenters. The molecule has 0 aliphatic carbocycles. The Bertz CT molecular complexity index is 455. The van der Waals surface area contributed by atoms with Gasteiger partial charge in [-0.15, -0.1) is 0 Å². The minimum absolute atomic E-state index is 0.268. The number of carbonyl (C=O) groups excluding carboxylic acids is 1. The summed E-state index contributed by atoms with van der Waals surface area (Å²) in [6, 6.07) is 3.85. The summed E-state index contributed by atoms with van der Waals surface area (Å²) in [5.74, 6) is 0.538. The van der Waals surface area contributed by atoms with Crippen LogP contribution in [0.5, 0.6) is 5.75 Å². The highest BCUT2D eigenvalue weighted by molar-refractivity contribution is 6.31. The van der Waals surface area contributed by atoms with E-state index in [0.29, 0.717) is 12.5 Å². The predicted molar refractivity (Wildman–Crippen MR) is 77.0 cm³/mol. The molecule has 0 amide bonds. The number of halogens is 1. The maximum absolute atomic E-state index is 11.3. The Morgan fingerprint density at radius 1 is 1.32 bits per heavy atom. The fraction of sp³-hybridized carbons (Fsp3) is 0.533. The molecule has 0 aromatic heterocycles. The van der Waals surface area contributed by atoms with Crippen molar-refractivity contribution in [3.63, 3.8) is 0 Å². The van der Waals surface area contributed by atoms with E-state index in [1.54, 1.807) is 6.92 Å². The number of carbonyl (C=O) groups is 1. The van der Waals surface area contributed by atoms with Crippen molar-refractivity contribution >= 4 is 17.6 Å². The summed E-state index contributed by atoms with van der Waals surface area (Å²) in [6.45, 7) is 8.18. The molecule has 106 valence electrons. The van der Waals surface area contributed by atoms with E-state index in [0.717, 1.165) is 21.9 Å². The topological polar surface area (TPSA) is 35.5 Å². The van der Waals surface area contributed by atoms with E-state index in [9.17, 15) is 4.79 Å². The number of methoxy groups -OCH3 is 1. The molecule has 0 aliphatic rings. The van der Waals surface area contributed by atoms with Gasteiger partial charge in [-0.3, -0.25) is 4.79 Å². The molecule has 1 aromatic carbocycles. The molecule has 1 rings (SSSR count). The quantitative estimate of drug-likeness (QED) is 0.768. The van der Waals surface area contributed by atoms with Gasteiger partial charge in [0.2, 0.25) is 0 Å². The highest BCUT2D eigenvalue weighted by atomic mass is 35.5. The maximum Gasteiger partial charge on any atom is 0.311 e. The lowest BCUT2D eigenvalue weighted by Crippen LogP contribution is -2.20. The zero-order valence-electron chi connectivity index (χ0n) is 12.1. The molecule has 3 nitrogen and oxygen atoms in total. The fourth-order valence-electron chi connectivity index (χ4n) is 1.75. The summed E-state index contributed by atoms with van der Waals surface area (Å²) in [5, 5.41) is 0.751. The van der Waals surface area contributed by atoms with Crippen molar-refractivity contribution in [1.82, 2.24) is 0 Å². The number of aryl methyl sites for hydroxylation is 1. The van der Waals surface area contributed by atoms with Crippen LogP contribution in [-0.2, 0) is 9.53 Å². The minimum Gasteiger partial charge on any atom is -0.492 e. The third-order valence-electron chi connectivity index (χ3n) is 3.01. The van der Waals surface area contributed by atoms with Crippen LogP contribution in [-0.4, -0.2) is 19.7 Å². The predicted octanol–water partition coefficient (Wildman–Crippen LogP) is 3.96. The molecule has 1 unspecified atom stereocenters. The number of benzene rings is 1. The third kappa shape index (κ3) is 4.13. The van der Waals surface area contributed by atoms with Crippen molar-refractivity contribution < 1.29 is 14.3 Å². The molecule has 0 heterocycles. The molecular weight excluding hydrogens is 264 g/mol. The molecule has 19 heavy (non-hydrogen) atoms. The van der Waals surface area contributed by atoms with Gasteiger partial charge >= 0.3 is 5.97 Å². The number of rotatable bonds is 5. The Hall–Kier alpha value is -1.22. The van der Waals surface area contributed by atoms with Crippen molar-refractivity contribution in [2.45, 2.75) is 33.6 Å². The van der Waals surface area contributed by atoms with E-state index in [2.05, 4.69) is 18.6 Å². The molecule has 1 aromatic rings. The molecule has 0 aliphatic heterocycles. The molecular formula is C15H21ClO3. The van der Waals surface area contributed by atoms with Crippen molar-refractivity contribution in [2.24, 2.45) is 5.92 Å². The number of ether oxygens (including phenoxy) is 2. The summed E-state index contributed by atoms with van der Waals surface area (Å²) >= 11 is 6.20. The lowest BCUT2D eigenvalue weighted by molar-refractivity contribution is -0.145. The minimum atomic E-state index is -0.289. The van der Waals surface area contributed by atoms with Gasteiger partial charge in [0.25, 0.3) is 0 Å². The van der Waals surface area contributed by atoms with Crippen LogP contribution >= 0.6 is 11.6 Å². The average molecular weight is 285 g/mol. The Kier molecular flexibility index (Phi) is 5.67. The lowest BCUT2D eigenvalue weighted by Gasteiger charge is -2.16. The summed E-state index contributed by atoms with van der Waals surface area (Å²) in [7, 11) is 1.38. The van der Waals surface area contributed by atoms with Gasteiger partial charge in [-0.25, -0.2) is 0 Å². The van der Waals surface area contributed by atoms with Crippen LogP contribution in [0, 0.1) is 12.8 Å². The van der Waals surface area contributed by atoms with E-state index < -0.39 is 0 Å². The molecule has 0 saturated carbocycles. The first kappa shape index (κ1) is 15.8. The molecule has 0 fully saturated rings. The van der Waals surface area contributed by atoms with Gasteiger partial charge in [0.1, 0.15) is 12.4 Å². The van der Waals surface area contributed by atoms with Crippen LogP contribution in [0.3, 0.4) is 0 Å². The molecule has 0 saturated heterocycles. The van der Waals surface area contributed by atoms with Gasteiger partial charge < -0.3 is 9.47 Å². The zero-order valence-corrected chi connectivity index (χ0v) is 12.9. The normalized spacial score (nSPS) is 12.4. The van der Waals surface area contributed by atoms with Crippen molar-refractivity contribution in [3.8, 4) is 5.75 Å². The van der Waals surface area contributed by atoms with Crippen LogP contribution in [0.1, 0.15) is 37.8 Å². The molecule has 0 spiro atoms. The molecule has 4 heteroatoms. The monoisotopic (exact) mass is 284 g/mol. The molecule has 0 N–H and O–H groups in total. The second-order valence-corrected chi connectivity index (χ2v) is 5.44. The number of esters is 1. The number of hydrogen-bond acceptors (Lipinski definition) is 3. The first-order chi connectivity index (χ1) is 8.86. The van der Waals surface area contributed by atoms with Crippen LogP contribution in [0.4, 0.5) is 0 Å². The van der Waals surface area contributed by atoms with E-state index in [-0.39, 0.29) is 11.9 Å². The Morgan fingerprint density at radius 3 is 2.47 bits per heavy atom. The molecule has 0 bridgehead atoms. The Balaban J connectivity index is 2.84. The van der Waals surface area contributed by atoms with Gasteiger partial charge in [0.15, 0.2) is 0 Å². The van der Waals surface area contributed by atoms with E-state index >= 15 is 0 Å². The second kappa shape index (κ2) is 6.80. The summed E-state index contributed by atoms with van der Waals surface area (Å²) in [6.07, 6.45) is 0. The van der Waals surface area contributed by atoms with Gasteiger partial charge in [-0.1, -0.05) is 25.4 Å².